The van der Waals surface area contributed by atoms with Gasteiger partial charge in [0.15, 0.2) is 12.1 Å². The van der Waals surface area contributed by atoms with Crippen LogP contribution < -0.4 is 0 Å². The summed E-state index contributed by atoms with van der Waals surface area (Å²) in [7, 11) is 1.63. The van der Waals surface area contributed by atoms with E-state index in [0.29, 0.717) is 36.8 Å². The molecule has 0 aromatic carbocycles. The molecular formula is C46H68O14. The standard InChI is InChI=1S/C46H68O14/c1-10-26(2)41-29(5)16-17-45(60-41)23-35-21-34(59-45)15-14-28(4)40(58-38-22-37(51-9)42(31(7)56-38)55-25-52-18-19-53-32(8)47)27(3)12-11-13-33-24-54-43-39(48)30(6)20-36(44(49)57-35)46(33,43)50/h11-14,16-17,20,26-27,29,31,34-43,48,50H,10,15,18-19,21-25H2,1-9H3/t26?,27?,29-,31-,34+,35-,36-,37-,38?,39+,40-,41+,42-,43+,45+,46+/m0/s1. The minimum absolute atomic E-state index is 0.0218. The van der Waals surface area contributed by atoms with Gasteiger partial charge in [-0.15, -0.1) is 0 Å². The lowest BCUT2D eigenvalue weighted by Crippen LogP contribution is -2.58. The zero-order valence-corrected chi connectivity index (χ0v) is 36.8. The third-order valence-electron chi connectivity index (χ3n) is 13.1. The number of hydrogen-bond donors (Lipinski definition) is 2. The van der Waals surface area contributed by atoms with Crippen molar-refractivity contribution in [3.05, 3.63) is 59.3 Å². The topological polar surface area (TPSA) is 167 Å². The average Bonchev–Trinajstić information content (AvgIpc) is 3.55. The molecule has 3 fully saturated rings. The van der Waals surface area contributed by atoms with E-state index >= 15 is 0 Å². The highest BCUT2D eigenvalue weighted by atomic mass is 16.7. The molecule has 14 nitrogen and oxygen atoms in total. The summed E-state index contributed by atoms with van der Waals surface area (Å²) in [4.78, 5) is 25.4. The Balaban J connectivity index is 1.29. The summed E-state index contributed by atoms with van der Waals surface area (Å²) in [5.74, 6) is -2.93. The van der Waals surface area contributed by atoms with Gasteiger partial charge in [-0.05, 0) is 55.9 Å². The van der Waals surface area contributed by atoms with Crippen LogP contribution in [0.1, 0.15) is 87.5 Å². The van der Waals surface area contributed by atoms with Crippen molar-refractivity contribution in [1.82, 2.24) is 0 Å². The molecule has 0 radical (unpaired) electrons. The number of aliphatic hydroxyl groups is 2. The monoisotopic (exact) mass is 844 g/mol. The molecule has 16 atom stereocenters. The maximum Gasteiger partial charge on any atom is 0.316 e. The third-order valence-corrected chi connectivity index (χ3v) is 13.1. The van der Waals surface area contributed by atoms with Crippen molar-refractivity contribution in [1.29, 1.82) is 0 Å². The summed E-state index contributed by atoms with van der Waals surface area (Å²) in [6.07, 6.45) is 10.5. The minimum atomic E-state index is -1.83. The molecule has 6 aliphatic rings. The summed E-state index contributed by atoms with van der Waals surface area (Å²) < 4.78 is 61.7. The number of carbonyl (C=O) groups excluding carboxylic acids is 2. The molecule has 0 amide bonds. The van der Waals surface area contributed by atoms with Crippen molar-refractivity contribution in [2.24, 2.45) is 23.7 Å². The van der Waals surface area contributed by atoms with E-state index in [2.05, 4.69) is 39.8 Å². The molecule has 0 aromatic rings. The van der Waals surface area contributed by atoms with E-state index in [9.17, 15) is 19.8 Å². The number of aliphatic hydroxyl groups excluding tert-OH is 1. The van der Waals surface area contributed by atoms with Crippen LogP contribution in [0.2, 0.25) is 0 Å². The van der Waals surface area contributed by atoms with Gasteiger partial charge in [-0.2, -0.15) is 0 Å². The van der Waals surface area contributed by atoms with Crippen LogP contribution in [0.15, 0.2) is 59.3 Å². The fourth-order valence-electron chi connectivity index (χ4n) is 9.53. The normalized spacial score (nSPS) is 41.5. The summed E-state index contributed by atoms with van der Waals surface area (Å²) in [6.45, 7) is 15.9. The highest BCUT2D eigenvalue weighted by Gasteiger charge is 2.60. The molecule has 3 unspecified atom stereocenters. The third kappa shape index (κ3) is 10.4. The van der Waals surface area contributed by atoms with E-state index in [-0.39, 0.29) is 68.6 Å². The quantitative estimate of drug-likeness (QED) is 0.117. The SMILES string of the molecule is CCC(C)[C@H]1O[C@]2(C=C[C@@H]1C)C[C@@H]1C[C@@H](CC=C(C)[C@@H](OC3C[C@H](OC)[C@@H](OCOCCOC(C)=O)[C@H](C)O3)C(C)C=CC=C3CO[C@@H]4[C@H](O)C(C)=C[C@@H](C(=O)O1)[C@]34O)O2. The van der Waals surface area contributed by atoms with E-state index in [1.165, 1.54) is 6.92 Å². The summed E-state index contributed by atoms with van der Waals surface area (Å²) >= 11 is 0. The largest absolute Gasteiger partial charge is 0.463 e. The van der Waals surface area contributed by atoms with Crippen LogP contribution in [-0.2, 0) is 57.0 Å². The molecule has 6 rings (SSSR count). The second-order valence-corrected chi connectivity index (χ2v) is 17.6. The van der Waals surface area contributed by atoms with Crippen molar-refractivity contribution in [2.75, 3.05) is 33.7 Å². The first kappa shape index (κ1) is 46.7. The van der Waals surface area contributed by atoms with E-state index in [4.69, 9.17) is 47.4 Å². The Kier molecular flexibility index (Phi) is 15.7. The molecule has 2 N–H and O–H groups in total. The molecule has 0 saturated carbocycles. The number of carbonyl (C=O) groups is 2. The molecule has 1 spiro atoms. The van der Waals surface area contributed by atoms with Crippen LogP contribution in [0.5, 0.6) is 0 Å². The first-order chi connectivity index (χ1) is 28.6. The first-order valence-corrected chi connectivity index (χ1v) is 21.8. The number of allylic oxidation sites excluding steroid dienone is 2. The van der Waals surface area contributed by atoms with Crippen molar-refractivity contribution < 1.29 is 67.2 Å². The lowest BCUT2D eigenvalue weighted by Gasteiger charge is -2.48. The molecule has 2 bridgehead atoms. The van der Waals surface area contributed by atoms with Gasteiger partial charge in [-0.3, -0.25) is 9.59 Å². The smallest absolute Gasteiger partial charge is 0.316 e. The molecule has 3 saturated heterocycles. The Hall–Kier alpha value is -2.76. The van der Waals surface area contributed by atoms with Gasteiger partial charge in [0.25, 0.3) is 0 Å². The molecule has 5 heterocycles. The van der Waals surface area contributed by atoms with Crippen LogP contribution in [0.4, 0.5) is 0 Å². The number of ether oxygens (including phenoxy) is 10. The second kappa shape index (κ2) is 20.2. The van der Waals surface area contributed by atoms with Crippen LogP contribution in [-0.4, -0.2) is 128 Å². The van der Waals surface area contributed by atoms with Gasteiger partial charge in [0.05, 0.1) is 43.7 Å². The highest BCUT2D eigenvalue weighted by Crippen LogP contribution is 2.47. The van der Waals surface area contributed by atoms with Gasteiger partial charge in [-0.25, -0.2) is 0 Å². The van der Waals surface area contributed by atoms with Crippen LogP contribution in [0, 0.1) is 23.7 Å². The molecule has 1 aliphatic carbocycles. The molecule has 336 valence electrons. The summed E-state index contributed by atoms with van der Waals surface area (Å²) in [5, 5.41) is 23.6. The maximum atomic E-state index is 14.3. The van der Waals surface area contributed by atoms with E-state index in [1.54, 1.807) is 26.2 Å². The van der Waals surface area contributed by atoms with E-state index in [0.717, 1.165) is 12.0 Å². The predicted molar refractivity (Wildman–Crippen MR) is 219 cm³/mol. The molecule has 14 heteroatoms. The molecule has 0 aromatic heterocycles. The number of fused-ring (bicyclic) bond motifs is 2. The zero-order chi connectivity index (χ0) is 43.4. The number of hydrogen-bond acceptors (Lipinski definition) is 14. The molecular weight excluding hydrogens is 776 g/mol. The highest BCUT2D eigenvalue weighted by molar-refractivity contribution is 5.78. The Morgan fingerprint density at radius 1 is 1.05 bits per heavy atom. The van der Waals surface area contributed by atoms with E-state index in [1.807, 2.05) is 32.1 Å². The first-order valence-electron chi connectivity index (χ1n) is 21.8. The van der Waals surface area contributed by atoms with Crippen molar-refractivity contribution in [3.8, 4) is 0 Å². The van der Waals surface area contributed by atoms with Crippen LogP contribution in [0.25, 0.3) is 0 Å². The van der Waals surface area contributed by atoms with Gasteiger partial charge in [0, 0.05) is 45.1 Å². The zero-order valence-electron chi connectivity index (χ0n) is 36.8. The Labute approximate surface area is 355 Å². The van der Waals surface area contributed by atoms with Crippen molar-refractivity contribution in [2.45, 2.75) is 160 Å². The Bertz CT molecular complexity index is 1650. The fourth-order valence-corrected chi connectivity index (χ4v) is 9.53. The predicted octanol–water partition coefficient (Wildman–Crippen LogP) is 5.40. The number of rotatable bonds is 11. The minimum Gasteiger partial charge on any atom is -0.463 e. The Morgan fingerprint density at radius 3 is 2.57 bits per heavy atom. The van der Waals surface area contributed by atoms with Crippen molar-refractivity contribution >= 4 is 11.9 Å². The van der Waals surface area contributed by atoms with Crippen molar-refractivity contribution in [3.63, 3.8) is 0 Å². The average molecular weight is 845 g/mol. The second-order valence-electron chi connectivity index (χ2n) is 17.6. The Morgan fingerprint density at radius 2 is 1.83 bits per heavy atom. The lowest BCUT2D eigenvalue weighted by molar-refractivity contribution is -0.300. The van der Waals surface area contributed by atoms with E-state index < -0.39 is 66.2 Å². The van der Waals surface area contributed by atoms with Gasteiger partial charge < -0.3 is 57.6 Å². The van der Waals surface area contributed by atoms with Gasteiger partial charge in [0.1, 0.15) is 49.3 Å². The van der Waals surface area contributed by atoms with Gasteiger partial charge in [0.2, 0.25) is 0 Å². The van der Waals surface area contributed by atoms with Crippen LogP contribution >= 0.6 is 0 Å². The summed E-state index contributed by atoms with van der Waals surface area (Å²) in [5.41, 5.74) is 0.130. The molecule has 60 heavy (non-hydrogen) atoms. The number of methoxy groups -OCH3 is 1. The summed E-state index contributed by atoms with van der Waals surface area (Å²) in [6, 6.07) is 0. The maximum absolute atomic E-state index is 14.3. The molecule has 5 aliphatic heterocycles. The fraction of sp³-hybridized carbons (Fsp3) is 0.739. The number of esters is 2. The van der Waals surface area contributed by atoms with Gasteiger partial charge >= 0.3 is 11.9 Å². The van der Waals surface area contributed by atoms with Gasteiger partial charge in [-0.1, -0.05) is 70.6 Å². The lowest BCUT2D eigenvalue weighted by atomic mass is 9.71. The van der Waals surface area contributed by atoms with Crippen LogP contribution in [0.3, 0.4) is 0 Å².